The molecule has 0 bridgehead atoms. The number of hydrogen-bond donors (Lipinski definition) is 0. The number of aromatic nitrogens is 1. The number of nitrogens with zero attached hydrogens (tertiary/aromatic N) is 2. The van der Waals surface area contributed by atoms with E-state index in [9.17, 15) is 0 Å². The molecule has 2 aromatic rings. The highest BCUT2D eigenvalue weighted by atomic mass is 32.1. The Morgan fingerprint density at radius 3 is 2.87 bits per heavy atom. The molecular weight excluding hydrogens is 204 g/mol. The third-order valence-electron chi connectivity index (χ3n) is 1.95. The average molecular weight is 216 g/mol. The zero-order chi connectivity index (χ0) is 10.5. The van der Waals surface area contributed by atoms with Gasteiger partial charge in [0.1, 0.15) is 0 Å². The van der Waals surface area contributed by atoms with Crippen LogP contribution in [0.5, 0.6) is 0 Å². The second-order valence-electron chi connectivity index (χ2n) is 3.10. The van der Waals surface area contributed by atoms with Crippen LogP contribution < -0.4 is 0 Å². The van der Waals surface area contributed by atoms with Gasteiger partial charge in [0.2, 0.25) is 5.13 Å². The van der Waals surface area contributed by atoms with E-state index in [1.165, 1.54) is 0 Å². The molecule has 0 saturated carbocycles. The minimum Gasteiger partial charge on any atom is -0.232 e. The van der Waals surface area contributed by atoms with Crippen molar-refractivity contribution in [1.82, 2.24) is 4.98 Å². The van der Waals surface area contributed by atoms with Crippen LogP contribution in [-0.4, -0.2) is 11.2 Å². The largest absolute Gasteiger partial charge is 0.232 e. The van der Waals surface area contributed by atoms with Gasteiger partial charge in [-0.05, 0) is 6.42 Å². The molecule has 0 atom stereocenters. The Kier molecular flexibility index (Phi) is 3.25. The van der Waals surface area contributed by atoms with E-state index in [1.54, 1.807) is 11.3 Å². The molecule has 0 aliphatic rings. The van der Waals surface area contributed by atoms with Crippen molar-refractivity contribution in [3.05, 3.63) is 35.7 Å². The van der Waals surface area contributed by atoms with Crippen molar-refractivity contribution in [3.63, 3.8) is 0 Å². The van der Waals surface area contributed by atoms with E-state index in [0.717, 1.165) is 22.8 Å². The number of thiazole rings is 1. The average Bonchev–Trinajstić information content (AvgIpc) is 2.76. The standard InChI is InChI=1S/C12H12N2S/c1-2-8-13-12-14-11(9-15-12)10-6-4-3-5-7-10/h3-9H,2H2,1H3/b13-8-. The minimum absolute atomic E-state index is 0.829. The smallest absolute Gasteiger partial charge is 0.209 e. The van der Waals surface area contributed by atoms with Crippen LogP contribution in [0, 0.1) is 0 Å². The van der Waals surface area contributed by atoms with E-state index < -0.39 is 0 Å². The summed E-state index contributed by atoms with van der Waals surface area (Å²) in [4.78, 5) is 8.69. The Labute approximate surface area is 93.3 Å². The van der Waals surface area contributed by atoms with E-state index in [-0.39, 0.29) is 0 Å². The maximum absolute atomic E-state index is 4.44. The first-order valence-corrected chi connectivity index (χ1v) is 5.81. The van der Waals surface area contributed by atoms with Crippen LogP contribution in [0.1, 0.15) is 13.3 Å². The lowest BCUT2D eigenvalue weighted by molar-refractivity contribution is 1.29. The van der Waals surface area contributed by atoms with E-state index >= 15 is 0 Å². The molecule has 1 aromatic carbocycles. The van der Waals surface area contributed by atoms with Gasteiger partial charge in [0.25, 0.3) is 0 Å². The lowest BCUT2D eigenvalue weighted by Gasteiger charge is -1.92. The zero-order valence-corrected chi connectivity index (χ0v) is 9.37. The summed E-state index contributed by atoms with van der Waals surface area (Å²) < 4.78 is 0. The van der Waals surface area contributed by atoms with E-state index in [0.29, 0.717) is 0 Å². The highest BCUT2D eigenvalue weighted by Crippen LogP contribution is 2.26. The highest BCUT2D eigenvalue weighted by molar-refractivity contribution is 7.13. The Morgan fingerprint density at radius 1 is 1.33 bits per heavy atom. The number of hydrogen-bond acceptors (Lipinski definition) is 3. The predicted octanol–water partition coefficient (Wildman–Crippen LogP) is 3.92. The maximum atomic E-state index is 4.44. The van der Waals surface area contributed by atoms with Gasteiger partial charge in [-0.3, -0.25) is 0 Å². The lowest BCUT2D eigenvalue weighted by Crippen LogP contribution is -1.75. The molecule has 0 saturated heterocycles. The summed E-state index contributed by atoms with van der Waals surface area (Å²) >= 11 is 1.58. The van der Waals surface area contributed by atoms with Crippen LogP contribution in [0.25, 0.3) is 11.3 Å². The molecule has 1 heterocycles. The van der Waals surface area contributed by atoms with Gasteiger partial charge in [-0.15, -0.1) is 11.3 Å². The van der Waals surface area contributed by atoms with Crippen molar-refractivity contribution in [2.75, 3.05) is 0 Å². The van der Waals surface area contributed by atoms with Gasteiger partial charge in [-0.2, -0.15) is 0 Å². The van der Waals surface area contributed by atoms with Gasteiger partial charge in [0.15, 0.2) is 0 Å². The molecule has 0 N–H and O–H groups in total. The quantitative estimate of drug-likeness (QED) is 0.714. The highest BCUT2D eigenvalue weighted by Gasteiger charge is 2.01. The van der Waals surface area contributed by atoms with Gasteiger partial charge >= 0.3 is 0 Å². The molecule has 76 valence electrons. The van der Waals surface area contributed by atoms with Crippen LogP contribution in [0.3, 0.4) is 0 Å². The van der Waals surface area contributed by atoms with Crippen molar-refractivity contribution in [3.8, 4) is 11.3 Å². The van der Waals surface area contributed by atoms with Crippen molar-refractivity contribution >= 4 is 22.7 Å². The molecule has 0 aliphatic heterocycles. The lowest BCUT2D eigenvalue weighted by atomic mass is 10.2. The number of aliphatic imine (C=N–C) groups is 1. The van der Waals surface area contributed by atoms with Crippen LogP contribution >= 0.6 is 11.3 Å². The molecule has 0 spiro atoms. The summed E-state index contributed by atoms with van der Waals surface area (Å²) in [7, 11) is 0. The van der Waals surface area contributed by atoms with Gasteiger partial charge in [-0.1, -0.05) is 37.3 Å². The second-order valence-corrected chi connectivity index (χ2v) is 3.94. The first-order valence-electron chi connectivity index (χ1n) is 4.93. The Balaban J connectivity index is 2.24. The normalized spacial score (nSPS) is 11.0. The van der Waals surface area contributed by atoms with Crippen molar-refractivity contribution in [2.24, 2.45) is 4.99 Å². The fourth-order valence-electron chi connectivity index (χ4n) is 1.23. The van der Waals surface area contributed by atoms with Gasteiger partial charge in [0, 0.05) is 17.2 Å². The zero-order valence-electron chi connectivity index (χ0n) is 8.55. The summed E-state index contributed by atoms with van der Waals surface area (Å²) in [6.07, 6.45) is 2.83. The molecule has 0 amide bonds. The van der Waals surface area contributed by atoms with Crippen molar-refractivity contribution < 1.29 is 0 Å². The SMILES string of the molecule is CC/C=N\c1nc(-c2ccccc2)cs1. The summed E-state index contributed by atoms with van der Waals surface area (Å²) in [5, 5.41) is 2.87. The van der Waals surface area contributed by atoms with Gasteiger partial charge in [0.05, 0.1) is 5.69 Å². The minimum atomic E-state index is 0.829. The third-order valence-corrected chi connectivity index (χ3v) is 2.69. The molecule has 0 aliphatic carbocycles. The molecule has 15 heavy (non-hydrogen) atoms. The maximum Gasteiger partial charge on any atom is 0.209 e. The Morgan fingerprint density at radius 2 is 2.13 bits per heavy atom. The molecule has 1 aromatic heterocycles. The summed E-state index contributed by atoms with van der Waals surface area (Å²) in [6, 6.07) is 10.2. The topological polar surface area (TPSA) is 25.2 Å². The number of rotatable bonds is 3. The molecule has 0 fully saturated rings. The van der Waals surface area contributed by atoms with Crippen LogP contribution in [0.15, 0.2) is 40.7 Å². The summed E-state index contributed by atoms with van der Waals surface area (Å²) in [5.74, 6) is 0. The van der Waals surface area contributed by atoms with E-state index in [4.69, 9.17) is 0 Å². The summed E-state index contributed by atoms with van der Waals surface area (Å²) in [5.41, 5.74) is 2.15. The molecule has 2 rings (SSSR count). The predicted molar refractivity (Wildman–Crippen MR) is 66.0 cm³/mol. The molecule has 2 nitrogen and oxygen atoms in total. The van der Waals surface area contributed by atoms with E-state index in [1.807, 2.05) is 29.8 Å². The fraction of sp³-hybridized carbons (Fsp3) is 0.167. The van der Waals surface area contributed by atoms with E-state index in [2.05, 4.69) is 29.0 Å². The van der Waals surface area contributed by atoms with Gasteiger partial charge < -0.3 is 0 Å². The third kappa shape index (κ3) is 2.50. The molecule has 0 radical (unpaired) electrons. The fourth-order valence-corrected chi connectivity index (χ4v) is 1.93. The number of benzene rings is 1. The molecule has 3 heteroatoms. The molecular formula is C12H12N2S. The molecule has 0 unspecified atom stereocenters. The van der Waals surface area contributed by atoms with Gasteiger partial charge in [-0.25, -0.2) is 9.98 Å². The van der Waals surface area contributed by atoms with Crippen LogP contribution in [-0.2, 0) is 0 Å². The second kappa shape index (κ2) is 4.84. The first-order chi connectivity index (χ1) is 7.40. The van der Waals surface area contributed by atoms with Crippen LogP contribution in [0.2, 0.25) is 0 Å². The van der Waals surface area contributed by atoms with Crippen molar-refractivity contribution in [1.29, 1.82) is 0 Å². The summed E-state index contributed by atoms with van der Waals surface area (Å²) in [6.45, 7) is 2.06. The van der Waals surface area contributed by atoms with Crippen LogP contribution in [0.4, 0.5) is 5.13 Å². The Hall–Kier alpha value is -1.48. The van der Waals surface area contributed by atoms with Crippen molar-refractivity contribution in [2.45, 2.75) is 13.3 Å². The monoisotopic (exact) mass is 216 g/mol. The Bertz CT molecular complexity index is 446. The first kappa shape index (κ1) is 10.1.